The highest BCUT2D eigenvalue weighted by Crippen LogP contribution is 2.30. The van der Waals surface area contributed by atoms with Crippen molar-refractivity contribution in [1.82, 2.24) is 10.2 Å². The van der Waals surface area contributed by atoms with Crippen molar-refractivity contribution >= 4 is 34.4 Å². The van der Waals surface area contributed by atoms with Crippen LogP contribution in [0.25, 0.3) is 0 Å². The lowest BCUT2D eigenvalue weighted by Crippen LogP contribution is -2.54. The monoisotopic (exact) mass is 590 g/mol. The molecule has 3 unspecified atom stereocenters. The Kier molecular flexibility index (Phi) is 10.3. The summed E-state index contributed by atoms with van der Waals surface area (Å²) in [5.74, 6) is -0.0238. The zero-order valence-corrected chi connectivity index (χ0v) is 21.8. The smallest absolute Gasteiger partial charge is 0.247 e. The Morgan fingerprint density at radius 2 is 1.89 bits per heavy atom. The number of hydrogen-bond acceptors (Lipinski definition) is 5. The molecule has 0 bridgehead atoms. The Hall–Kier alpha value is -2.69. The molecule has 3 N–H and O–H groups in total. The number of nitrogens with zero attached hydrogens (tertiary/aromatic N) is 1. The Balaban J connectivity index is 1.97. The van der Waals surface area contributed by atoms with Crippen LogP contribution >= 0.6 is 22.6 Å². The molecular weight excluding hydrogens is 559 g/mol. The van der Waals surface area contributed by atoms with Gasteiger partial charge in [0.1, 0.15) is 18.0 Å². The van der Waals surface area contributed by atoms with Gasteiger partial charge in [-0.1, -0.05) is 55.5 Å². The van der Waals surface area contributed by atoms with Crippen LogP contribution in [0.4, 0.5) is 0 Å². The highest BCUT2D eigenvalue weighted by molar-refractivity contribution is 14.1. The number of halogens is 1. The highest BCUT2D eigenvalue weighted by atomic mass is 127. The zero-order valence-electron chi connectivity index (χ0n) is 19.6. The van der Waals surface area contributed by atoms with E-state index in [1.54, 1.807) is 23.1 Å². The van der Waals surface area contributed by atoms with E-state index in [1.807, 2.05) is 55.5 Å². The summed E-state index contributed by atoms with van der Waals surface area (Å²) in [6, 6.07) is 16.3. The van der Waals surface area contributed by atoms with E-state index in [2.05, 4.69) is 27.9 Å². The average Bonchev–Trinajstić information content (AvgIpc) is 2.87. The van der Waals surface area contributed by atoms with Gasteiger partial charge in [-0.15, -0.1) is 0 Å². The molecule has 1 aliphatic rings. The number of benzene rings is 2. The predicted molar refractivity (Wildman–Crippen MR) is 143 cm³/mol. The molecule has 0 saturated heterocycles. The number of carbonyl (C=O) groups excluding carboxylic acids is 2. The number of aliphatic hydroxyl groups excluding tert-OH is 2. The number of nitrogens with one attached hydrogen (secondary N) is 1. The average molecular weight is 590 g/mol. The largest absolute Gasteiger partial charge is 0.482 e. The van der Waals surface area contributed by atoms with E-state index in [0.717, 1.165) is 9.13 Å². The van der Waals surface area contributed by atoms with Crippen molar-refractivity contribution in [1.29, 1.82) is 0 Å². The predicted octanol–water partition coefficient (Wildman–Crippen LogP) is 3.20. The van der Waals surface area contributed by atoms with Gasteiger partial charge in [0.15, 0.2) is 0 Å². The van der Waals surface area contributed by atoms with Crippen LogP contribution in [0.15, 0.2) is 78.4 Å². The maximum absolute atomic E-state index is 13.3. The van der Waals surface area contributed by atoms with Crippen LogP contribution in [-0.2, 0) is 16.1 Å². The third kappa shape index (κ3) is 7.39. The molecule has 2 aromatic carbocycles. The second-order valence-electron chi connectivity index (χ2n) is 8.21. The number of rotatable bonds is 10. The van der Waals surface area contributed by atoms with Crippen LogP contribution in [0.5, 0.6) is 5.75 Å². The van der Waals surface area contributed by atoms with Crippen LogP contribution in [0, 0.1) is 3.57 Å². The van der Waals surface area contributed by atoms with Gasteiger partial charge in [0.2, 0.25) is 11.8 Å². The number of hydrogen-bond donors (Lipinski definition) is 3. The van der Waals surface area contributed by atoms with Gasteiger partial charge in [0, 0.05) is 25.1 Å². The fraction of sp³-hybridized carbons (Fsp3) is 0.333. The molecule has 8 heteroatoms. The van der Waals surface area contributed by atoms with Crippen LogP contribution in [0.3, 0.4) is 0 Å². The molecule has 0 aliphatic heterocycles. The maximum atomic E-state index is 13.3. The summed E-state index contributed by atoms with van der Waals surface area (Å²) in [4.78, 5) is 27.7. The molecule has 0 spiro atoms. The molecule has 0 fully saturated rings. The number of aliphatic hydroxyl groups is 2. The Morgan fingerprint density at radius 3 is 2.57 bits per heavy atom. The second-order valence-corrected chi connectivity index (χ2v) is 9.37. The standard InChI is InChI=1S/C27H31IN2O5/c1-2-3-13-25(32)30(18-19-9-5-4-6-10-19)22-16-20(27(34)29-14-15-31)17-24(26(22)33)35-23-12-8-7-11-21(23)28/h3-13,17,22,24,26,31,33H,2,14-16,18H2,1H3,(H,29,34). The molecule has 35 heavy (non-hydrogen) atoms. The summed E-state index contributed by atoms with van der Waals surface area (Å²) in [5, 5.41) is 23.2. The molecule has 0 radical (unpaired) electrons. The first-order valence-corrected chi connectivity index (χ1v) is 12.7. The van der Waals surface area contributed by atoms with Crippen molar-refractivity contribution in [3.63, 3.8) is 0 Å². The second kappa shape index (κ2) is 13.4. The van der Waals surface area contributed by atoms with Gasteiger partial charge in [-0.25, -0.2) is 0 Å². The quantitative estimate of drug-likeness (QED) is 0.292. The lowest BCUT2D eigenvalue weighted by atomic mass is 9.87. The lowest BCUT2D eigenvalue weighted by Gasteiger charge is -2.40. The van der Waals surface area contributed by atoms with E-state index in [9.17, 15) is 14.7 Å². The SMILES string of the molecule is CCC=CC(=O)N(Cc1ccccc1)C1CC(C(=O)NCCO)=CC(Oc2ccccc2I)C1O. The van der Waals surface area contributed by atoms with Gasteiger partial charge < -0.3 is 25.2 Å². The number of allylic oxidation sites excluding steroid dienone is 1. The molecule has 2 amide bonds. The van der Waals surface area contributed by atoms with Crippen molar-refractivity contribution < 1.29 is 24.5 Å². The fourth-order valence-corrected chi connectivity index (χ4v) is 4.43. The zero-order chi connectivity index (χ0) is 25.2. The number of ether oxygens (including phenoxy) is 1. The molecule has 2 aromatic rings. The van der Waals surface area contributed by atoms with Crippen molar-refractivity contribution in [2.45, 2.75) is 44.6 Å². The van der Waals surface area contributed by atoms with Gasteiger partial charge >= 0.3 is 0 Å². The topological polar surface area (TPSA) is 99.1 Å². The minimum absolute atomic E-state index is 0.109. The lowest BCUT2D eigenvalue weighted by molar-refractivity contribution is -0.134. The van der Waals surface area contributed by atoms with E-state index in [4.69, 9.17) is 9.84 Å². The fourth-order valence-electron chi connectivity index (χ4n) is 3.92. The molecule has 186 valence electrons. The summed E-state index contributed by atoms with van der Waals surface area (Å²) < 4.78 is 7.02. The molecule has 0 heterocycles. The molecule has 0 aromatic heterocycles. The van der Waals surface area contributed by atoms with Crippen molar-refractivity contribution in [2.24, 2.45) is 0 Å². The van der Waals surface area contributed by atoms with Crippen LogP contribution in [-0.4, -0.2) is 58.3 Å². The molecule has 0 saturated carbocycles. The van der Waals surface area contributed by atoms with Crippen LogP contribution < -0.4 is 10.1 Å². The first-order valence-electron chi connectivity index (χ1n) is 11.6. The first-order chi connectivity index (χ1) is 16.9. The Labute approximate surface area is 219 Å². The third-order valence-corrected chi connectivity index (χ3v) is 6.58. The summed E-state index contributed by atoms with van der Waals surface area (Å²) in [6.45, 7) is 2.14. The van der Waals surface area contributed by atoms with E-state index < -0.39 is 18.2 Å². The molecule has 3 rings (SSSR count). The van der Waals surface area contributed by atoms with E-state index in [-0.39, 0.29) is 37.9 Å². The van der Waals surface area contributed by atoms with Gasteiger partial charge in [-0.3, -0.25) is 9.59 Å². The molecular formula is C27H31IN2O5. The first kappa shape index (κ1) is 26.9. The van der Waals surface area contributed by atoms with Gasteiger partial charge in [0.25, 0.3) is 0 Å². The van der Waals surface area contributed by atoms with Crippen molar-refractivity contribution in [3.8, 4) is 5.75 Å². The summed E-state index contributed by atoms with van der Waals surface area (Å²) in [5.41, 5.74) is 1.31. The van der Waals surface area contributed by atoms with Gasteiger partial charge in [0.05, 0.1) is 16.2 Å². The summed E-state index contributed by atoms with van der Waals surface area (Å²) in [7, 11) is 0. The summed E-state index contributed by atoms with van der Waals surface area (Å²) >= 11 is 2.15. The normalized spacial score (nSPS) is 19.8. The van der Waals surface area contributed by atoms with E-state index >= 15 is 0 Å². The van der Waals surface area contributed by atoms with Crippen LogP contribution in [0.1, 0.15) is 25.3 Å². The van der Waals surface area contributed by atoms with Gasteiger partial charge in [-0.05, 0) is 58.9 Å². The highest BCUT2D eigenvalue weighted by Gasteiger charge is 2.40. The van der Waals surface area contributed by atoms with E-state index in [1.165, 1.54) is 6.08 Å². The maximum Gasteiger partial charge on any atom is 0.247 e. The minimum Gasteiger partial charge on any atom is -0.482 e. The van der Waals surface area contributed by atoms with Crippen molar-refractivity contribution in [3.05, 3.63) is 87.5 Å². The third-order valence-electron chi connectivity index (χ3n) is 5.69. The van der Waals surface area contributed by atoms with Crippen molar-refractivity contribution in [2.75, 3.05) is 13.2 Å². The number of amides is 2. The Bertz CT molecular complexity index is 1060. The molecule has 3 atom stereocenters. The number of carbonyl (C=O) groups is 2. The molecule has 7 nitrogen and oxygen atoms in total. The Morgan fingerprint density at radius 1 is 1.17 bits per heavy atom. The molecule has 1 aliphatic carbocycles. The minimum atomic E-state index is -1.07. The number of para-hydroxylation sites is 1. The van der Waals surface area contributed by atoms with Crippen LogP contribution in [0.2, 0.25) is 0 Å². The van der Waals surface area contributed by atoms with E-state index in [0.29, 0.717) is 17.7 Å². The van der Waals surface area contributed by atoms with Gasteiger partial charge in [-0.2, -0.15) is 0 Å². The summed E-state index contributed by atoms with van der Waals surface area (Å²) in [6.07, 6.45) is 3.84.